The van der Waals surface area contributed by atoms with Crippen LogP contribution in [0, 0.1) is 0 Å². The molecule has 0 fully saturated rings. The summed E-state index contributed by atoms with van der Waals surface area (Å²) in [6.45, 7) is 5.23. The summed E-state index contributed by atoms with van der Waals surface area (Å²) in [5, 5.41) is 1.72. The van der Waals surface area contributed by atoms with Crippen molar-refractivity contribution in [2.45, 2.75) is 13.1 Å². The quantitative estimate of drug-likeness (QED) is 0.523. The van der Waals surface area contributed by atoms with Crippen LogP contribution in [0.2, 0.25) is 13.1 Å². The van der Waals surface area contributed by atoms with E-state index in [2.05, 4.69) is 43.4 Å². The van der Waals surface area contributed by atoms with Gasteiger partial charge in [0, 0.05) is 6.14 Å². The fraction of sp³-hybridized carbons (Fsp3) is 0.250. The van der Waals surface area contributed by atoms with Crippen molar-refractivity contribution in [1.29, 1.82) is 0 Å². The molecular formula is C8H20Si5. The van der Waals surface area contributed by atoms with E-state index in [1.165, 1.54) is 0 Å². The Hall–Kier alpha value is 0.304. The smallest absolute Gasteiger partial charge is 0.0643 e. The lowest BCUT2D eigenvalue weighted by Gasteiger charge is -2.36. The predicted octanol–water partition coefficient (Wildman–Crippen LogP) is -2.28. The molecule has 0 saturated heterocycles. The average molecular weight is 257 g/mol. The van der Waals surface area contributed by atoms with Crippen molar-refractivity contribution < 1.29 is 0 Å². The zero-order chi connectivity index (χ0) is 10.1. The summed E-state index contributed by atoms with van der Waals surface area (Å²) >= 11 is 0. The molecule has 0 amide bonds. The Labute approximate surface area is 91.6 Å². The van der Waals surface area contributed by atoms with E-state index < -0.39 is 13.7 Å². The molecule has 72 valence electrons. The summed E-state index contributed by atoms with van der Waals surface area (Å²) in [6.07, 6.45) is -0.570. The van der Waals surface area contributed by atoms with Gasteiger partial charge in [-0.15, -0.1) is 0 Å². The molecule has 5 heteroatoms. The second-order valence-electron chi connectivity index (χ2n) is 5.24. The van der Waals surface area contributed by atoms with Gasteiger partial charge < -0.3 is 0 Å². The molecule has 0 bridgehead atoms. The molecule has 0 unspecified atom stereocenters. The molecule has 1 rings (SSSR count). The van der Waals surface area contributed by atoms with Gasteiger partial charge in [-0.05, 0) is 29.3 Å². The van der Waals surface area contributed by atoms with E-state index in [1.54, 1.807) is 34.5 Å². The lowest BCUT2D eigenvalue weighted by atomic mass is 10.4. The fourth-order valence-electron chi connectivity index (χ4n) is 1.29. The Morgan fingerprint density at radius 1 is 0.923 bits per heavy atom. The standard InChI is InChI=1S/C8H20Si5/c1-12(2,13(9,10)11)8-6-4-3-5-7-8/h3-7H,1-2,9-11H3. The Morgan fingerprint density at radius 3 is 1.77 bits per heavy atom. The van der Waals surface area contributed by atoms with Crippen molar-refractivity contribution in [3.63, 3.8) is 0 Å². The van der Waals surface area contributed by atoms with Crippen molar-refractivity contribution in [3.8, 4) is 0 Å². The lowest BCUT2D eigenvalue weighted by Crippen LogP contribution is -2.68. The average Bonchev–Trinajstić information content (AvgIpc) is 2.04. The van der Waals surface area contributed by atoms with Crippen LogP contribution in [0.15, 0.2) is 30.3 Å². The number of rotatable bonds is 2. The first kappa shape index (κ1) is 11.4. The van der Waals surface area contributed by atoms with E-state index in [-0.39, 0.29) is 0 Å². The van der Waals surface area contributed by atoms with Crippen LogP contribution in [0.25, 0.3) is 0 Å². The first-order valence-electron chi connectivity index (χ1n) is 4.91. The lowest BCUT2D eigenvalue weighted by molar-refractivity contribution is 1.73. The number of hydrogen-bond donors (Lipinski definition) is 0. The SMILES string of the molecule is C[Si](C)(c1ccccc1)[Si]([SiH3])([SiH3])[SiH3]. The second kappa shape index (κ2) is 3.81. The highest BCUT2D eigenvalue weighted by Gasteiger charge is 2.37. The molecule has 0 spiro atoms. The van der Waals surface area contributed by atoms with E-state index in [4.69, 9.17) is 0 Å². The van der Waals surface area contributed by atoms with Gasteiger partial charge in [0.05, 0.1) is 7.59 Å². The van der Waals surface area contributed by atoms with Gasteiger partial charge in [-0.2, -0.15) is 0 Å². The summed E-state index contributed by atoms with van der Waals surface area (Å²) in [7, 11) is 3.68. The minimum Gasteiger partial charge on any atom is -0.0680 e. The minimum absolute atomic E-state index is 0.570. The first-order valence-corrected chi connectivity index (χ1v) is 21.4. The highest BCUT2D eigenvalue weighted by Crippen LogP contribution is 2.09. The van der Waals surface area contributed by atoms with Gasteiger partial charge in [-0.1, -0.05) is 48.6 Å². The van der Waals surface area contributed by atoms with E-state index >= 15 is 0 Å². The van der Waals surface area contributed by atoms with Crippen LogP contribution in [-0.2, 0) is 0 Å². The Balaban J connectivity index is 3.08. The third kappa shape index (κ3) is 2.41. The largest absolute Gasteiger partial charge is 0.0680 e. The van der Waals surface area contributed by atoms with Crippen LogP contribution < -0.4 is 5.19 Å². The third-order valence-corrected chi connectivity index (χ3v) is 54.8. The fourth-order valence-corrected chi connectivity index (χ4v) is 14.1. The molecule has 1 aromatic carbocycles. The zero-order valence-electron chi connectivity index (χ0n) is 9.39. The number of hydrogen-bond acceptors (Lipinski definition) is 0. The number of benzene rings is 1. The highest BCUT2D eigenvalue weighted by atomic mass is 30.1. The highest BCUT2D eigenvalue weighted by molar-refractivity contribution is 7.87. The Bertz CT molecular complexity index is 274. The van der Waals surface area contributed by atoms with E-state index in [0.29, 0.717) is 0 Å². The Morgan fingerprint density at radius 2 is 1.38 bits per heavy atom. The molecule has 0 radical (unpaired) electrons. The summed E-state index contributed by atoms with van der Waals surface area (Å²) in [5.74, 6) is 0. The van der Waals surface area contributed by atoms with Crippen LogP contribution >= 0.6 is 0 Å². The van der Waals surface area contributed by atoms with Gasteiger partial charge in [-0.25, -0.2) is 0 Å². The van der Waals surface area contributed by atoms with Crippen LogP contribution in [-0.4, -0.2) is 43.0 Å². The summed E-state index contributed by atoms with van der Waals surface area (Å²) in [4.78, 5) is 0. The first-order chi connectivity index (χ1) is 5.86. The van der Waals surface area contributed by atoms with Crippen molar-refractivity contribution in [2.24, 2.45) is 0 Å². The van der Waals surface area contributed by atoms with E-state index in [1.807, 2.05) is 0 Å². The molecule has 0 nitrogen and oxygen atoms in total. The third-order valence-electron chi connectivity index (χ3n) is 3.37. The Kier molecular flexibility index (Phi) is 3.34. The molecule has 0 aliphatic carbocycles. The van der Waals surface area contributed by atoms with Crippen LogP contribution in [0.1, 0.15) is 0 Å². The summed E-state index contributed by atoms with van der Waals surface area (Å²) in [5.41, 5.74) is 0. The van der Waals surface area contributed by atoms with Gasteiger partial charge in [0.25, 0.3) is 0 Å². The molecule has 0 atom stereocenters. The maximum absolute atomic E-state index is 2.61. The molecule has 0 saturated carbocycles. The maximum Gasteiger partial charge on any atom is 0.0643 e. The van der Waals surface area contributed by atoms with Gasteiger partial charge in [0.1, 0.15) is 0 Å². The van der Waals surface area contributed by atoms with E-state index in [9.17, 15) is 0 Å². The van der Waals surface area contributed by atoms with Gasteiger partial charge >= 0.3 is 0 Å². The summed E-state index contributed by atoms with van der Waals surface area (Å²) in [6, 6.07) is 11.3. The molecule has 0 N–H and O–H groups in total. The van der Waals surface area contributed by atoms with Crippen molar-refractivity contribution in [2.75, 3.05) is 0 Å². The molecule has 13 heavy (non-hydrogen) atoms. The van der Waals surface area contributed by atoms with E-state index in [0.717, 1.165) is 0 Å². The van der Waals surface area contributed by atoms with Crippen molar-refractivity contribution in [1.82, 2.24) is 0 Å². The molecule has 0 aliphatic rings. The topological polar surface area (TPSA) is 0 Å². The monoisotopic (exact) mass is 256 g/mol. The second-order valence-corrected chi connectivity index (χ2v) is 71.3. The normalized spacial score (nSPS) is 17.4. The predicted molar refractivity (Wildman–Crippen MR) is 79.1 cm³/mol. The molecular weight excluding hydrogens is 237 g/mol. The van der Waals surface area contributed by atoms with Gasteiger partial charge in [0.15, 0.2) is 0 Å². The molecule has 0 aliphatic heterocycles. The van der Waals surface area contributed by atoms with Gasteiger partial charge in [-0.3, -0.25) is 0 Å². The van der Waals surface area contributed by atoms with Crippen molar-refractivity contribution >= 4 is 48.2 Å². The minimum atomic E-state index is -0.957. The molecule has 0 aromatic heterocycles. The van der Waals surface area contributed by atoms with Crippen LogP contribution in [0.5, 0.6) is 0 Å². The van der Waals surface area contributed by atoms with Crippen LogP contribution in [0.3, 0.4) is 0 Å². The zero-order valence-corrected chi connectivity index (χ0v) is 17.4. The molecule has 1 aromatic rings. The maximum atomic E-state index is 2.61. The van der Waals surface area contributed by atoms with Crippen LogP contribution in [0.4, 0.5) is 0 Å². The molecule has 0 heterocycles. The van der Waals surface area contributed by atoms with Crippen molar-refractivity contribution in [3.05, 3.63) is 30.3 Å². The van der Waals surface area contributed by atoms with Gasteiger partial charge in [0.2, 0.25) is 0 Å². The summed E-state index contributed by atoms with van der Waals surface area (Å²) < 4.78 is 0.